The van der Waals surface area contributed by atoms with Crippen LogP contribution in [0.5, 0.6) is 11.5 Å². The molecule has 9 heteroatoms. The van der Waals surface area contributed by atoms with E-state index in [1.165, 1.54) is 17.4 Å². The van der Waals surface area contributed by atoms with Gasteiger partial charge in [0.2, 0.25) is 5.91 Å². The van der Waals surface area contributed by atoms with E-state index in [0.29, 0.717) is 28.9 Å². The van der Waals surface area contributed by atoms with Crippen molar-refractivity contribution in [2.45, 2.75) is 44.6 Å². The van der Waals surface area contributed by atoms with Crippen LogP contribution in [0.25, 0.3) is 11.4 Å². The molecule has 0 fully saturated rings. The number of carbonyl (C=O) groups excluding carboxylic acids is 1. The molecule has 0 bridgehead atoms. The Morgan fingerprint density at radius 1 is 1.03 bits per heavy atom. The van der Waals surface area contributed by atoms with Gasteiger partial charge in [0.05, 0.1) is 19.5 Å². The third kappa shape index (κ3) is 5.64. The molecule has 0 aliphatic heterocycles. The van der Waals surface area contributed by atoms with Crippen LogP contribution >= 0.6 is 11.8 Å². The van der Waals surface area contributed by atoms with Crippen LogP contribution in [0.15, 0.2) is 47.6 Å². The summed E-state index contributed by atoms with van der Waals surface area (Å²) in [6.45, 7) is 10.8. The maximum absolute atomic E-state index is 12.8. The quantitative estimate of drug-likeness (QED) is 0.387. The van der Waals surface area contributed by atoms with Crippen molar-refractivity contribution in [2.75, 3.05) is 37.5 Å². The molecule has 34 heavy (non-hydrogen) atoms. The highest BCUT2D eigenvalue weighted by Gasteiger charge is 2.21. The molecular weight excluding hydrogens is 450 g/mol. The third-order valence-corrected chi connectivity index (χ3v) is 6.67. The van der Waals surface area contributed by atoms with Crippen molar-refractivity contribution in [1.82, 2.24) is 14.8 Å². The van der Waals surface area contributed by atoms with Gasteiger partial charge in [-0.25, -0.2) is 0 Å². The molecular formula is C25H33N5O3S. The second-order valence-electron chi connectivity index (χ2n) is 7.59. The Morgan fingerprint density at radius 2 is 1.71 bits per heavy atom. The van der Waals surface area contributed by atoms with Crippen molar-refractivity contribution in [2.24, 2.45) is 0 Å². The van der Waals surface area contributed by atoms with Gasteiger partial charge in [-0.3, -0.25) is 4.79 Å². The molecule has 0 spiro atoms. The summed E-state index contributed by atoms with van der Waals surface area (Å²) in [7, 11) is 3.14. The van der Waals surface area contributed by atoms with Crippen LogP contribution in [0.3, 0.4) is 0 Å². The van der Waals surface area contributed by atoms with Gasteiger partial charge in [0.15, 0.2) is 22.5 Å². The lowest BCUT2D eigenvalue weighted by atomic mass is 10.2. The van der Waals surface area contributed by atoms with E-state index in [1.807, 2.05) is 11.5 Å². The first kappa shape index (κ1) is 25.4. The molecule has 182 valence electrons. The lowest BCUT2D eigenvalue weighted by molar-refractivity contribution is -0.115. The van der Waals surface area contributed by atoms with Crippen LogP contribution in [-0.4, -0.2) is 53.2 Å². The maximum Gasteiger partial charge on any atom is 0.237 e. The third-order valence-electron chi connectivity index (χ3n) is 5.59. The predicted molar refractivity (Wildman–Crippen MR) is 138 cm³/mol. The second-order valence-corrected chi connectivity index (χ2v) is 8.90. The summed E-state index contributed by atoms with van der Waals surface area (Å²) in [5, 5.41) is 12.1. The normalized spacial score (nSPS) is 11.7. The van der Waals surface area contributed by atoms with E-state index in [0.717, 1.165) is 24.5 Å². The number of nitrogens with one attached hydrogen (secondary N) is 1. The number of hydrogen-bond acceptors (Lipinski definition) is 7. The van der Waals surface area contributed by atoms with E-state index in [9.17, 15) is 4.79 Å². The highest BCUT2D eigenvalue weighted by molar-refractivity contribution is 8.00. The standard InChI is InChI=1S/C25H33N5O3S/c1-7-29(8-2)20-13-10-18(11-14-20)23-27-28-25(30(23)9-3)34-17(4)24(31)26-19-12-15-21(32-5)22(16-19)33-6/h10-17H,7-9H2,1-6H3,(H,26,31). The van der Waals surface area contributed by atoms with Gasteiger partial charge < -0.3 is 24.3 Å². The molecule has 1 atom stereocenters. The lowest BCUT2D eigenvalue weighted by Gasteiger charge is -2.21. The highest BCUT2D eigenvalue weighted by Crippen LogP contribution is 2.31. The van der Waals surface area contributed by atoms with Crippen molar-refractivity contribution in [3.63, 3.8) is 0 Å². The van der Waals surface area contributed by atoms with Crippen LogP contribution in [0.1, 0.15) is 27.7 Å². The van der Waals surface area contributed by atoms with Crippen molar-refractivity contribution < 1.29 is 14.3 Å². The largest absolute Gasteiger partial charge is 0.493 e. The number of ether oxygens (including phenoxy) is 2. The maximum atomic E-state index is 12.8. The van der Waals surface area contributed by atoms with E-state index < -0.39 is 0 Å². The number of aromatic nitrogens is 3. The van der Waals surface area contributed by atoms with Crippen LogP contribution in [0.4, 0.5) is 11.4 Å². The number of amides is 1. The molecule has 3 aromatic rings. The van der Waals surface area contributed by atoms with Gasteiger partial charge >= 0.3 is 0 Å². The Balaban J connectivity index is 1.73. The lowest BCUT2D eigenvalue weighted by Crippen LogP contribution is -2.23. The van der Waals surface area contributed by atoms with Gasteiger partial charge in [-0.2, -0.15) is 0 Å². The molecule has 0 radical (unpaired) electrons. The summed E-state index contributed by atoms with van der Waals surface area (Å²) in [5.41, 5.74) is 2.83. The number of carbonyl (C=O) groups is 1. The number of nitrogens with zero attached hydrogens (tertiary/aromatic N) is 4. The molecule has 0 saturated heterocycles. The van der Waals surface area contributed by atoms with Crippen LogP contribution < -0.4 is 19.7 Å². The number of anilines is 2. The van der Waals surface area contributed by atoms with E-state index in [4.69, 9.17) is 9.47 Å². The molecule has 1 aromatic heterocycles. The van der Waals surface area contributed by atoms with Gasteiger partial charge in [-0.05, 0) is 64.1 Å². The summed E-state index contributed by atoms with van der Waals surface area (Å²) in [5.74, 6) is 1.83. The molecule has 1 N–H and O–H groups in total. The monoisotopic (exact) mass is 483 g/mol. The number of thioether (sulfide) groups is 1. The van der Waals surface area contributed by atoms with Crippen molar-refractivity contribution >= 4 is 29.0 Å². The molecule has 0 aliphatic rings. The minimum Gasteiger partial charge on any atom is -0.493 e. The van der Waals surface area contributed by atoms with E-state index in [-0.39, 0.29) is 11.2 Å². The molecule has 0 saturated carbocycles. The summed E-state index contributed by atoms with van der Waals surface area (Å²) in [4.78, 5) is 15.1. The smallest absolute Gasteiger partial charge is 0.237 e. The van der Waals surface area contributed by atoms with Gasteiger partial charge in [0.1, 0.15) is 0 Å². The fourth-order valence-corrected chi connectivity index (χ4v) is 4.57. The predicted octanol–water partition coefficient (Wildman–Crippen LogP) is 4.95. The minimum atomic E-state index is -0.375. The van der Waals surface area contributed by atoms with Crippen molar-refractivity contribution in [1.29, 1.82) is 0 Å². The molecule has 2 aromatic carbocycles. The summed E-state index contributed by atoms with van der Waals surface area (Å²) >= 11 is 1.38. The Morgan fingerprint density at radius 3 is 2.29 bits per heavy atom. The van der Waals surface area contributed by atoms with E-state index in [1.54, 1.807) is 32.4 Å². The molecule has 1 unspecified atom stereocenters. The zero-order valence-corrected chi connectivity index (χ0v) is 21.5. The van der Waals surface area contributed by atoms with Gasteiger partial charge in [0, 0.05) is 42.6 Å². The Hall–Kier alpha value is -3.20. The number of benzene rings is 2. The molecule has 1 heterocycles. The minimum absolute atomic E-state index is 0.131. The number of methoxy groups -OCH3 is 2. The molecule has 0 aliphatic carbocycles. The van der Waals surface area contributed by atoms with E-state index >= 15 is 0 Å². The molecule has 8 nitrogen and oxygen atoms in total. The first-order valence-electron chi connectivity index (χ1n) is 11.4. The number of hydrogen-bond donors (Lipinski definition) is 1. The highest BCUT2D eigenvalue weighted by atomic mass is 32.2. The fraction of sp³-hybridized carbons (Fsp3) is 0.400. The first-order chi connectivity index (χ1) is 16.4. The summed E-state index contributed by atoms with van der Waals surface area (Å²) < 4.78 is 12.6. The SMILES string of the molecule is CCN(CC)c1ccc(-c2nnc(SC(C)C(=O)Nc3ccc(OC)c(OC)c3)n2CC)cc1. The zero-order chi connectivity index (χ0) is 24.7. The van der Waals surface area contributed by atoms with Gasteiger partial charge in [-0.15, -0.1) is 10.2 Å². The molecule has 1 amide bonds. The van der Waals surface area contributed by atoms with Crippen LogP contribution in [-0.2, 0) is 11.3 Å². The van der Waals surface area contributed by atoms with Gasteiger partial charge in [0.25, 0.3) is 0 Å². The summed E-state index contributed by atoms with van der Waals surface area (Å²) in [6, 6.07) is 13.7. The number of rotatable bonds is 11. The first-order valence-corrected chi connectivity index (χ1v) is 12.3. The zero-order valence-electron chi connectivity index (χ0n) is 20.7. The van der Waals surface area contributed by atoms with Crippen LogP contribution in [0.2, 0.25) is 0 Å². The Kier molecular flexibility index (Phi) is 8.81. The van der Waals surface area contributed by atoms with Crippen LogP contribution in [0, 0.1) is 0 Å². The average Bonchev–Trinajstić information content (AvgIpc) is 3.27. The van der Waals surface area contributed by atoms with Crippen molar-refractivity contribution in [3.8, 4) is 22.9 Å². The fourth-order valence-electron chi connectivity index (χ4n) is 3.65. The molecule has 3 rings (SSSR count). The second kappa shape index (κ2) is 11.8. The van der Waals surface area contributed by atoms with E-state index in [2.05, 4.69) is 65.5 Å². The Bertz CT molecular complexity index is 1100. The topological polar surface area (TPSA) is 81.5 Å². The Labute approximate surface area is 205 Å². The van der Waals surface area contributed by atoms with Gasteiger partial charge in [-0.1, -0.05) is 11.8 Å². The van der Waals surface area contributed by atoms with Crippen molar-refractivity contribution in [3.05, 3.63) is 42.5 Å². The average molecular weight is 484 g/mol. The summed E-state index contributed by atoms with van der Waals surface area (Å²) in [6.07, 6.45) is 0.